The molecule has 12 aromatic carbocycles. The molecule has 0 aliphatic carbocycles. The van der Waals surface area contributed by atoms with Crippen molar-refractivity contribution < 1.29 is 28.4 Å². The van der Waals surface area contributed by atoms with Crippen LogP contribution in [0.15, 0.2) is 224 Å². The smallest absolute Gasteiger partial charge is 0.224 e. The van der Waals surface area contributed by atoms with Crippen molar-refractivity contribution in [2.45, 2.75) is 56.8 Å². The Morgan fingerprint density at radius 3 is 1.48 bits per heavy atom. The van der Waals surface area contributed by atoms with Gasteiger partial charge in [-0.05, 0) is 131 Å². The monoisotopic (exact) mass is 1030 g/mol. The van der Waals surface area contributed by atoms with E-state index in [-0.39, 0.29) is 6.10 Å². The Bertz CT molecular complexity index is 4370. The van der Waals surface area contributed by atoms with Crippen molar-refractivity contribution in [3.8, 4) is 0 Å². The summed E-state index contributed by atoms with van der Waals surface area (Å²) in [6.07, 6.45) is -0.156. The summed E-state index contributed by atoms with van der Waals surface area (Å²) in [5.41, 5.74) is 11.0. The fourth-order valence-electron chi connectivity index (χ4n) is 13.5. The fourth-order valence-corrected chi connectivity index (χ4v) is 13.5. The molecule has 0 aromatic heterocycles. The highest BCUT2D eigenvalue weighted by Crippen LogP contribution is 2.54. The molecule has 4 unspecified atom stereocenters. The van der Waals surface area contributed by atoms with E-state index in [1.807, 2.05) is 0 Å². The van der Waals surface area contributed by atoms with Crippen molar-refractivity contribution in [3.05, 3.63) is 286 Å². The third-order valence-corrected chi connectivity index (χ3v) is 17.1. The zero-order chi connectivity index (χ0) is 53.5. The molecule has 2 heterocycles. The van der Waals surface area contributed by atoms with Gasteiger partial charge in [0.1, 0.15) is 6.10 Å². The van der Waals surface area contributed by atoms with Crippen molar-refractivity contribution in [2.75, 3.05) is 27.4 Å². The van der Waals surface area contributed by atoms with Crippen molar-refractivity contribution in [3.63, 3.8) is 0 Å². The van der Waals surface area contributed by atoms with E-state index in [2.05, 4.69) is 245 Å². The number of fused-ring (bicyclic) bond motifs is 6. The molecule has 2 aliphatic rings. The van der Waals surface area contributed by atoms with E-state index in [1.54, 1.807) is 14.2 Å². The second-order valence-electron chi connectivity index (χ2n) is 21.5. The number of aryl methyl sites for hydroxylation is 3. The predicted octanol–water partition coefficient (Wildman–Crippen LogP) is 17.4. The molecule has 0 N–H and O–H groups in total. The van der Waals surface area contributed by atoms with E-state index < -0.39 is 23.5 Å². The second-order valence-corrected chi connectivity index (χ2v) is 21.5. The number of hydrogen-bond donors (Lipinski definition) is 0. The van der Waals surface area contributed by atoms with E-state index >= 15 is 0 Å². The van der Waals surface area contributed by atoms with Crippen LogP contribution in [0.1, 0.15) is 79.8 Å². The molecule has 79 heavy (non-hydrogen) atoms. The van der Waals surface area contributed by atoms with E-state index in [1.165, 1.54) is 0 Å². The predicted molar refractivity (Wildman–Crippen MR) is 318 cm³/mol. The summed E-state index contributed by atoms with van der Waals surface area (Å²) in [6.45, 7) is 7.31. The van der Waals surface area contributed by atoms with E-state index in [9.17, 15) is 0 Å². The minimum absolute atomic E-state index is 0.303. The molecule has 6 heteroatoms. The van der Waals surface area contributed by atoms with Crippen LogP contribution in [0.25, 0.3) is 64.6 Å². The van der Waals surface area contributed by atoms with Gasteiger partial charge in [-0.2, -0.15) is 0 Å². The SMILES string of the molecule is COC(OC)(c1ccc2ccccc2c1)c1c(C)cc(C2COC(c3ccc4ccccc4c3)(c3c(C)cc(C4CCOC(c5ccc6ccccc6c5)(c5c(C)ccc6ccccc56)O4)c4ccccc34)O2)c2ccccc12. The van der Waals surface area contributed by atoms with Crippen LogP contribution in [0.5, 0.6) is 0 Å². The molecule has 0 amide bonds. The molecule has 4 atom stereocenters. The van der Waals surface area contributed by atoms with Crippen LogP contribution in [0.2, 0.25) is 0 Å². The van der Waals surface area contributed by atoms with Gasteiger partial charge in [-0.3, -0.25) is 0 Å². The molecule has 0 bridgehead atoms. The summed E-state index contributed by atoms with van der Waals surface area (Å²) < 4.78 is 43.3. The molecule has 14 rings (SSSR count). The van der Waals surface area contributed by atoms with Crippen molar-refractivity contribution in [1.82, 2.24) is 0 Å². The average Bonchev–Trinajstić information content (AvgIpc) is 4.15. The summed E-state index contributed by atoms with van der Waals surface area (Å²) >= 11 is 0. The molecule has 2 saturated heterocycles. The van der Waals surface area contributed by atoms with Gasteiger partial charge in [-0.15, -0.1) is 0 Å². The maximum absolute atomic E-state index is 7.81. The topological polar surface area (TPSA) is 55.4 Å². The zero-order valence-corrected chi connectivity index (χ0v) is 45.1. The fraction of sp³-hybridized carbons (Fsp3) is 0.178. The molecule has 0 spiro atoms. The lowest BCUT2D eigenvalue weighted by molar-refractivity contribution is -0.280. The molecule has 2 fully saturated rings. The van der Waals surface area contributed by atoms with Crippen LogP contribution in [0.4, 0.5) is 0 Å². The number of ether oxygens (including phenoxy) is 6. The third kappa shape index (κ3) is 7.84. The lowest BCUT2D eigenvalue weighted by Gasteiger charge is -2.43. The summed E-state index contributed by atoms with van der Waals surface area (Å²) in [5.74, 6) is -3.74. The zero-order valence-electron chi connectivity index (χ0n) is 45.1. The molecular weight excluding hydrogens is 973 g/mol. The van der Waals surface area contributed by atoms with Gasteiger partial charge in [0.25, 0.3) is 0 Å². The van der Waals surface area contributed by atoms with Gasteiger partial charge in [0.2, 0.25) is 17.4 Å². The number of hydrogen-bond acceptors (Lipinski definition) is 6. The summed E-state index contributed by atoms with van der Waals surface area (Å²) in [4.78, 5) is 0. The highest BCUT2D eigenvalue weighted by Gasteiger charge is 2.50. The molecule has 388 valence electrons. The van der Waals surface area contributed by atoms with Crippen LogP contribution in [-0.4, -0.2) is 27.4 Å². The molecule has 2 aliphatic heterocycles. The summed E-state index contributed by atoms with van der Waals surface area (Å²) in [6, 6.07) is 79.9. The first kappa shape index (κ1) is 49.3. The van der Waals surface area contributed by atoms with Crippen LogP contribution in [0.3, 0.4) is 0 Å². The highest BCUT2D eigenvalue weighted by atomic mass is 16.7. The first-order chi connectivity index (χ1) is 38.7. The molecule has 0 radical (unpaired) electrons. The molecule has 0 saturated carbocycles. The summed E-state index contributed by atoms with van der Waals surface area (Å²) in [5, 5.41) is 13.2. The van der Waals surface area contributed by atoms with Gasteiger partial charge in [0.05, 0.1) is 19.3 Å². The van der Waals surface area contributed by atoms with Gasteiger partial charge in [0.15, 0.2) is 0 Å². The minimum atomic E-state index is -1.32. The first-order valence-electron chi connectivity index (χ1n) is 27.5. The van der Waals surface area contributed by atoms with Crippen molar-refractivity contribution in [1.29, 1.82) is 0 Å². The lowest BCUT2D eigenvalue weighted by Crippen LogP contribution is -2.41. The van der Waals surface area contributed by atoms with Crippen LogP contribution in [-0.2, 0) is 45.8 Å². The largest absolute Gasteiger partial charge is 0.346 e. The van der Waals surface area contributed by atoms with Gasteiger partial charge < -0.3 is 28.4 Å². The van der Waals surface area contributed by atoms with E-state index in [4.69, 9.17) is 28.4 Å². The van der Waals surface area contributed by atoms with Gasteiger partial charge in [-0.25, -0.2) is 0 Å². The quantitative estimate of drug-likeness (QED) is 0.127. The maximum Gasteiger partial charge on any atom is 0.224 e. The lowest BCUT2D eigenvalue weighted by atomic mass is 9.83. The van der Waals surface area contributed by atoms with Crippen LogP contribution in [0, 0.1) is 20.8 Å². The Morgan fingerprint density at radius 2 is 0.848 bits per heavy atom. The van der Waals surface area contributed by atoms with E-state index in [0.29, 0.717) is 19.6 Å². The highest BCUT2D eigenvalue weighted by molar-refractivity contribution is 5.94. The average molecular weight is 1030 g/mol. The molecule has 12 aromatic rings. The van der Waals surface area contributed by atoms with Gasteiger partial charge >= 0.3 is 0 Å². The Balaban J connectivity index is 0.925. The maximum atomic E-state index is 7.81. The number of benzene rings is 12. The van der Waals surface area contributed by atoms with Crippen LogP contribution >= 0.6 is 0 Å². The van der Waals surface area contributed by atoms with Crippen molar-refractivity contribution in [2.24, 2.45) is 0 Å². The first-order valence-corrected chi connectivity index (χ1v) is 27.5. The Labute approximate surface area is 460 Å². The molecule has 6 nitrogen and oxygen atoms in total. The normalized spacial score (nSPS) is 19.8. The van der Waals surface area contributed by atoms with Gasteiger partial charge in [0, 0.05) is 54.0 Å². The van der Waals surface area contributed by atoms with Crippen molar-refractivity contribution >= 4 is 64.6 Å². The Kier molecular flexibility index (Phi) is 12.1. The summed E-state index contributed by atoms with van der Waals surface area (Å²) in [7, 11) is 3.46. The van der Waals surface area contributed by atoms with Gasteiger partial charge in [-0.1, -0.05) is 206 Å². The minimum Gasteiger partial charge on any atom is -0.346 e. The third-order valence-electron chi connectivity index (χ3n) is 17.1. The number of rotatable bonds is 10. The Morgan fingerprint density at radius 1 is 0.392 bits per heavy atom. The van der Waals surface area contributed by atoms with Crippen LogP contribution < -0.4 is 0 Å². The van der Waals surface area contributed by atoms with E-state index in [0.717, 1.165) is 126 Å². The molecular formula is C73H60O6. The Hall–Kier alpha value is -8.04. The standard InChI is InChI=1S/C73H60O6/c1-46-30-31-52-21-12-13-25-59(52)68(46)72(57-36-33-50-19-7-10-23-54(50)43-57)76-39-38-66(78-72)64-40-48(3)70(63-29-17-14-26-60(63)64)73(58-37-34-51-20-8-11-24-55(51)44-58)77-45-67(79-73)65-41-47(2)69(62-28-16-15-27-61(62)65)71(74-4,75-5)56-35-32-49-18-6-9-22-53(49)42-56/h6-37,40-44,66-67H,38-39,45H2,1-5H3. The number of methoxy groups -OCH3 is 2. The second kappa shape index (κ2) is 19.4.